The van der Waals surface area contributed by atoms with Gasteiger partial charge in [-0.05, 0) is 25.8 Å². The maximum atomic E-state index is 12.6. The van der Waals surface area contributed by atoms with Crippen LogP contribution in [0.1, 0.15) is 51.1 Å². The third-order valence-corrected chi connectivity index (χ3v) is 5.06. The van der Waals surface area contributed by atoms with Crippen molar-refractivity contribution in [3.05, 3.63) is 18.0 Å². The second-order valence-corrected chi connectivity index (χ2v) is 7.65. The summed E-state index contributed by atoms with van der Waals surface area (Å²) in [6.07, 6.45) is 1.41. The Kier molecular flexibility index (Phi) is 5.58. The fraction of sp³-hybridized carbons (Fsp3) is 0.643. The summed E-state index contributed by atoms with van der Waals surface area (Å²) in [6, 6.07) is 1.11. The molecule has 0 amide bonds. The molecule has 0 atom stereocenters. The summed E-state index contributed by atoms with van der Waals surface area (Å²) in [5.74, 6) is -0.928. The van der Waals surface area contributed by atoms with Crippen molar-refractivity contribution in [2.45, 2.75) is 45.6 Å². The Bertz CT molecular complexity index is 602. The Labute approximate surface area is 126 Å². The van der Waals surface area contributed by atoms with E-state index in [4.69, 9.17) is 0 Å². The molecule has 1 aromatic heterocycles. The van der Waals surface area contributed by atoms with Gasteiger partial charge in [-0.2, -0.15) is 4.31 Å². The molecular formula is C14H24N2O4S. The van der Waals surface area contributed by atoms with Gasteiger partial charge in [-0.15, -0.1) is 0 Å². The van der Waals surface area contributed by atoms with Crippen LogP contribution in [0.2, 0.25) is 0 Å². The summed E-state index contributed by atoms with van der Waals surface area (Å²) in [6.45, 7) is 10.1. The summed E-state index contributed by atoms with van der Waals surface area (Å²) in [5.41, 5.74) is -0.0100. The van der Waals surface area contributed by atoms with Gasteiger partial charge in [-0.25, -0.2) is 13.2 Å². The van der Waals surface area contributed by atoms with Crippen LogP contribution in [-0.4, -0.2) is 41.5 Å². The Balaban J connectivity index is 3.31. The molecule has 6 nitrogen and oxygen atoms in total. The number of aromatic carboxylic acids is 1. The van der Waals surface area contributed by atoms with Gasteiger partial charge in [0.15, 0.2) is 0 Å². The van der Waals surface area contributed by atoms with Gasteiger partial charge in [-0.1, -0.05) is 20.8 Å². The highest BCUT2D eigenvalue weighted by molar-refractivity contribution is 7.89. The van der Waals surface area contributed by atoms with E-state index < -0.39 is 16.0 Å². The number of carboxylic acid groups (broad SMARTS) is 1. The molecule has 1 N–H and O–H groups in total. The monoisotopic (exact) mass is 316 g/mol. The Hall–Kier alpha value is -1.34. The largest absolute Gasteiger partial charge is 0.477 e. The third kappa shape index (κ3) is 3.85. The fourth-order valence-corrected chi connectivity index (χ4v) is 3.79. The lowest BCUT2D eigenvalue weighted by Gasteiger charge is -2.21. The molecule has 0 fully saturated rings. The highest BCUT2D eigenvalue weighted by Crippen LogP contribution is 2.22. The first-order chi connectivity index (χ1) is 9.61. The minimum absolute atomic E-state index is 0.0100. The van der Waals surface area contributed by atoms with Crippen molar-refractivity contribution in [2.24, 2.45) is 5.92 Å². The Morgan fingerprint density at radius 1 is 1.33 bits per heavy atom. The molecule has 120 valence electrons. The van der Waals surface area contributed by atoms with E-state index in [0.717, 1.165) is 0 Å². The van der Waals surface area contributed by atoms with Crippen LogP contribution in [0.3, 0.4) is 0 Å². The lowest BCUT2D eigenvalue weighted by Crippen LogP contribution is -2.33. The van der Waals surface area contributed by atoms with Gasteiger partial charge >= 0.3 is 5.97 Å². The molecule has 21 heavy (non-hydrogen) atoms. The van der Waals surface area contributed by atoms with Gasteiger partial charge in [0.2, 0.25) is 10.0 Å². The second kappa shape index (κ2) is 6.62. The van der Waals surface area contributed by atoms with E-state index in [1.807, 2.05) is 27.7 Å². The lowest BCUT2D eigenvalue weighted by molar-refractivity contribution is 0.0683. The van der Waals surface area contributed by atoms with Crippen molar-refractivity contribution in [1.29, 1.82) is 0 Å². The number of nitrogens with zero attached hydrogens (tertiary/aromatic N) is 2. The quantitative estimate of drug-likeness (QED) is 0.838. The predicted molar refractivity (Wildman–Crippen MR) is 81.0 cm³/mol. The zero-order chi connectivity index (χ0) is 16.4. The van der Waals surface area contributed by atoms with Gasteiger partial charge in [0.25, 0.3) is 0 Å². The van der Waals surface area contributed by atoms with E-state index in [0.29, 0.717) is 13.1 Å². The average molecular weight is 316 g/mol. The number of carbonyl (C=O) groups is 1. The van der Waals surface area contributed by atoms with E-state index in [1.165, 1.54) is 21.1 Å². The first-order valence-corrected chi connectivity index (χ1v) is 8.50. The molecular weight excluding hydrogens is 292 g/mol. The molecule has 0 bridgehead atoms. The fourth-order valence-electron chi connectivity index (χ4n) is 2.15. The number of rotatable bonds is 7. The Morgan fingerprint density at radius 2 is 1.90 bits per heavy atom. The van der Waals surface area contributed by atoms with E-state index in [9.17, 15) is 18.3 Å². The van der Waals surface area contributed by atoms with Crippen LogP contribution in [0.5, 0.6) is 0 Å². The molecule has 0 saturated heterocycles. The van der Waals surface area contributed by atoms with Crippen molar-refractivity contribution >= 4 is 16.0 Å². The molecule has 0 aliphatic rings. The zero-order valence-electron chi connectivity index (χ0n) is 13.2. The van der Waals surface area contributed by atoms with E-state index in [1.54, 1.807) is 6.92 Å². The van der Waals surface area contributed by atoms with Crippen molar-refractivity contribution in [3.8, 4) is 0 Å². The number of aromatic nitrogens is 1. The van der Waals surface area contributed by atoms with Crippen LogP contribution in [0.4, 0.5) is 0 Å². The predicted octanol–water partition coefficient (Wildman–Crippen LogP) is 2.43. The average Bonchev–Trinajstić information content (AvgIpc) is 2.81. The van der Waals surface area contributed by atoms with Gasteiger partial charge in [0.1, 0.15) is 10.6 Å². The molecule has 0 aliphatic carbocycles. The van der Waals surface area contributed by atoms with Crippen LogP contribution >= 0.6 is 0 Å². The van der Waals surface area contributed by atoms with Crippen molar-refractivity contribution < 1.29 is 18.3 Å². The summed E-state index contributed by atoms with van der Waals surface area (Å²) < 4.78 is 28.1. The van der Waals surface area contributed by atoms with Gasteiger partial charge in [0, 0.05) is 25.3 Å². The molecule has 0 aromatic carbocycles. The van der Waals surface area contributed by atoms with Gasteiger partial charge < -0.3 is 9.67 Å². The van der Waals surface area contributed by atoms with Crippen molar-refractivity contribution in [2.75, 3.05) is 13.1 Å². The zero-order valence-corrected chi connectivity index (χ0v) is 14.0. The summed E-state index contributed by atoms with van der Waals surface area (Å²) in [5, 5.41) is 9.21. The molecule has 0 spiro atoms. The smallest absolute Gasteiger partial charge is 0.352 e. The maximum absolute atomic E-state index is 12.6. The summed E-state index contributed by atoms with van der Waals surface area (Å²) >= 11 is 0. The highest BCUT2D eigenvalue weighted by atomic mass is 32.2. The number of carboxylic acids is 1. The van der Waals surface area contributed by atoms with Crippen LogP contribution in [-0.2, 0) is 10.0 Å². The first-order valence-electron chi connectivity index (χ1n) is 7.06. The number of sulfonamides is 1. The normalized spacial score (nSPS) is 12.6. The third-order valence-electron chi connectivity index (χ3n) is 3.16. The van der Waals surface area contributed by atoms with Gasteiger partial charge in [-0.3, -0.25) is 0 Å². The van der Waals surface area contributed by atoms with E-state index in [-0.39, 0.29) is 22.5 Å². The van der Waals surface area contributed by atoms with Crippen molar-refractivity contribution in [3.63, 3.8) is 0 Å². The Morgan fingerprint density at radius 3 is 2.24 bits per heavy atom. The maximum Gasteiger partial charge on any atom is 0.352 e. The van der Waals surface area contributed by atoms with Crippen LogP contribution < -0.4 is 0 Å². The number of hydrogen-bond donors (Lipinski definition) is 1. The molecule has 0 radical (unpaired) electrons. The molecule has 7 heteroatoms. The summed E-state index contributed by atoms with van der Waals surface area (Å²) in [7, 11) is -3.67. The summed E-state index contributed by atoms with van der Waals surface area (Å²) in [4.78, 5) is 11.3. The lowest BCUT2D eigenvalue weighted by atomic mass is 10.2. The standard InChI is InChI=1S/C14H24N2O4S/c1-6-15(8-10(2)3)21(19,20)12-7-13(14(17)18)16(9-12)11(4)5/h7,9-11H,6,8H2,1-5H3,(H,17,18). The van der Waals surface area contributed by atoms with Gasteiger partial charge in [0.05, 0.1) is 0 Å². The highest BCUT2D eigenvalue weighted by Gasteiger charge is 2.27. The van der Waals surface area contributed by atoms with Crippen LogP contribution in [0.15, 0.2) is 17.2 Å². The molecule has 0 saturated carbocycles. The SMILES string of the molecule is CCN(CC(C)C)S(=O)(=O)c1cc(C(=O)O)n(C(C)C)c1. The van der Waals surface area contributed by atoms with Crippen LogP contribution in [0.25, 0.3) is 0 Å². The molecule has 0 unspecified atom stereocenters. The molecule has 1 heterocycles. The minimum atomic E-state index is -3.67. The molecule has 1 aromatic rings. The van der Waals surface area contributed by atoms with E-state index >= 15 is 0 Å². The second-order valence-electron chi connectivity index (χ2n) is 5.72. The van der Waals surface area contributed by atoms with E-state index in [2.05, 4.69) is 0 Å². The first kappa shape index (κ1) is 17.7. The number of hydrogen-bond acceptors (Lipinski definition) is 3. The minimum Gasteiger partial charge on any atom is -0.477 e. The molecule has 0 aliphatic heterocycles. The topological polar surface area (TPSA) is 79.6 Å². The molecule has 1 rings (SSSR count). The van der Waals surface area contributed by atoms with Crippen LogP contribution in [0, 0.1) is 5.92 Å². The van der Waals surface area contributed by atoms with Crippen molar-refractivity contribution in [1.82, 2.24) is 8.87 Å².